The lowest BCUT2D eigenvalue weighted by molar-refractivity contribution is -0.122. The molecule has 0 unspecified atom stereocenters. The molecule has 0 aliphatic carbocycles. The summed E-state index contributed by atoms with van der Waals surface area (Å²) in [7, 11) is 0. The van der Waals surface area contributed by atoms with E-state index in [2.05, 4.69) is 5.32 Å². The Morgan fingerprint density at radius 3 is 2.53 bits per heavy atom. The third-order valence-electron chi connectivity index (χ3n) is 2.66. The zero-order chi connectivity index (χ0) is 13.8. The molecule has 6 heteroatoms. The van der Waals surface area contributed by atoms with Gasteiger partial charge in [-0.3, -0.25) is 9.69 Å². The average Bonchev–Trinajstić information content (AvgIpc) is 2.65. The lowest BCUT2D eigenvalue weighted by atomic mass is 10.2. The number of halogens is 2. The Bertz CT molecular complexity index is 526. The second-order valence-corrected chi connectivity index (χ2v) is 4.85. The number of carbonyl (C=O) groups excluding carboxylic acids is 2. The normalized spacial score (nSPS) is 17.2. The standard InChI is InChI=1S/C13H12Cl2N2O2/c14-6-1-7-17-12(18)11(16-13(17)19)8-9-2-4-10(15)5-3-9/h2-5,8H,1,6-7H2,(H,16,19). The monoisotopic (exact) mass is 298 g/mol. The van der Waals surface area contributed by atoms with Crippen LogP contribution in [0.15, 0.2) is 30.0 Å². The van der Waals surface area contributed by atoms with Crippen molar-refractivity contribution in [3.05, 3.63) is 40.5 Å². The third-order valence-corrected chi connectivity index (χ3v) is 3.18. The van der Waals surface area contributed by atoms with Gasteiger partial charge in [0.05, 0.1) is 0 Å². The van der Waals surface area contributed by atoms with Gasteiger partial charge < -0.3 is 5.32 Å². The number of benzene rings is 1. The summed E-state index contributed by atoms with van der Waals surface area (Å²) < 4.78 is 0. The van der Waals surface area contributed by atoms with Crippen molar-refractivity contribution in [2.75, 3.05) is 12.4 Å². The highest BCUT2D eigenvalue weighted by Gasteiger charge is 2.32. The van der Waals surface area contributed by atoms with Crippen molar-refractivity contribution in [2.24, 2.45) is 0 Å². The first kappa shape index (κ1) is 13.9. The van der Waals surface area contributed by atoms with Crippen LogP contribution in [0.4, 0.5) is 4.79 Å². The van der Waals surface area contributed by atoms with Crippen molar-refractivity contribution >= 4 is 41.2 Å². The van der Waals surface area contributed by atoms with Gasteiger partial charge in [-0.2, -0.15) is 0 Å². The molecule has 1 fully saturated rings. The SMILES string of the molecule is O=C1NC(=Cc2ccc(Cl)cc2)C(=O)N1CCCCl. The number of imide groups is 1. The molecule has 4 nitrogen and oxygen atoms in total. The van der Waals surface area contributed by atoms with Crippen LogP contribution < -0.4 is 5.32 Å². The fraction of sp³-hybridized carbons (Fsp3) is 0.231. The van der Waals surface area contributed by atoms with Crippen LogP contribution >= 0.6 is 23.2 Å². The first-order valence-corrected chi connectivity index (χ1v) is 6.69. The van der Waals surface area contributed by atoms with Crippen molar-refractivity contribution in [1.82, 2.24) is 10.2 Å². The molecule has 0 spiro atoms. The van der Waals surface area contributed by atoms with Gasteiger partial charge in [-0.15, -0.1) is 11.6 Å². The van der Waals surface area contributed by atoms with Crippen LogP contribution in [-0.4, -0.2) is 29.3 Å². The quantitative estimate of drug-likeness (QED) is 0.528. The summed E-state index contributed by atoms with van der Waals surface area (Å²) in [5, 5.41) is 3.17. The second-order valence-electron chi connectivity index (χ2n) is 4.04. The second kappa shape index (κ2) is 6.08. The van der Waals surface area contributed by atoms with Crippen LogP contribution in [0, 0.1) is 0 Å². The number of nitrogens with zero attached hydrogens (tertiary/aromatic N) is 1. The predicted molar refractivity (Wildman–Crippen MR) is 75.0 cm³/mol. The molecule has 0 bridgehead atoms. The fourth-order valence-electron chi connectivity index (χ4n) is 1.72. The third kappa shape index (κ3) is 3.28. The van der Waals surface area contributed by atoms with Crippen LogP contribution in [-0.2, 0) is 4.79 Å². The van der Waals surface area contributed by atoms with Gasteiger partial charge in [0.2, 0.25) is 0 Å². The Hall–Kier alpha value is -1.52. The Morgan fingerprint density at radius 2 is 1.89 bits per heavy atom. The number of rotatable bonds is 4. The molecule has 1 aliphatic rings. The Kier molecular flexibility index (Phi) is 4.45. The minimum absolute atomic E-state index is 0.266. The molecule has 100 valence electrons. The number of alkyl halides is 1. The molecule has 1 saturated heterocycles. The van der Waals surface area contributed by atoms with Gasteiger partial charge >= 0.3 is 6.03 Å². The molecule has 19 heavy (non-hydrogen) atoms. The van der Waals surface area contributed by atoms with E-state index in [0.29, 0.717) is 23.9 Å². The minimum atomic E-state index is -0.407. The smallest absolute Gasteiger partial charge is 0.303 e. The molecule has 0 aromatic heterocycles. The molecule has 0 atom stereocenters. The molecular formula is C13H12Cl2N2O2. The first-order chi connectivity index (χ1) is 9.11. The van der Waals surface area contributed by atoms with E-state index in [1.54, 1.807) is 30.3 Å². The van der Waals surface area contributed by atoms with E-state index in [-0.39, 0.29) is 11.6 Å². The van der Waals surface area contributed by atoms with Crippen LogP contribution in [0.2, 0.25) is 5.02 Å². The zero-order valence-electron chi connectivity index (χ0n) is 10.0. The fourth-order valence-corrected chi connectivity index (χ4v) is 1.96. The molecule has 2 rings (SSSR count). The average molecular weight is 299 g/mol. The van der Waals surface area contributed by atoms with E-state index in [4.69, 9.17) is 23.2 Å². The largest absolute Gasteiger partial charge is 0.329 e. The van der Waals surface area contributed by atoms with E-state index >= 15 is 0 Å². The van der Waals surface area contributed by atoms with Crippen molar-refractivity contribution in [3.63, 3.8) is 0 Å². The van der Waals surface area contributed by atoms with E-state index < -0.39 is 6.03 Å². The van der Waals surface area contributed by atoms with Crippen LogP contribution in [0.1, 0.15) is 12.0 Å². The summed E-state index contributed by atoms with van der Waals surface area (Å²) in [6.07, 6.45) is 2.20. The lowest BCUT2D eigenvalue weighted by Gasteiger charge is -2.09. The number of carbonyl (C=O) groups is 2. The summed E-state index contributed by atoms with van der Waals surface area (Å²) in [5.41, 5.74) is 1.06. The van der Waals surface area contributed by atoms with Crippen molar-refractivity contribution in [1.29, 1.82) is 0 Å². The summed E-state index contributed by atoms with van der Waals surface area (Å²) in [6, 6.07) is 6.59. The van der Waals surface area contributed by atoms with Crippen LogP contribution in [0.5, 0.6) is 0 Å². The molecule has 1 aliphatic heterocycles. The van der Waals surface area contributed by atoms with Crippen LogP contribution in [0.25, 0.3) is 6.08 Å². The molecule has 1 aromatic rings. The maximum Gasteiger partial charge on any atom is 0.329 e. The van der Waals surface area contributed by atoms with Crippen molar-refractivity contribution in [3.8, 4) is 0 Å². The first-order valence-electron chi connectivity index (χ1n) is 5.78. The highest BCUT2D eigenvalue weighted by atomic mass is 35.5. The van der Waals surface area contributed by atoms with E-state index in [9.17, 15) is 9.59 Å². The van der Waals surface area contributed by atoms with Gasteiger partial charge in [0.25, 0.3) is 5.91 Å². The number of hydrogen-bond acceptors (Lipinski definition) is 2. The maximum atomic E-state index is 12.0. The van der Waals surface area contributed by atoms with Crippen molar-refractivity contribution in [2.45, 2.75) is 6.42 Å². The number of hydrogen-bond donors (Lipinski definition) is 1. The summed E-state index contributed by atoms with van der Waals surface area (Å²) in [4.78, 5) is 24.8. The molecular weight excluding hydrogens is 287 g/mol. The highest BCUT2D eigenvalue weighted by Crippen LogP contribution is 2.16. The summed E-state index contributed by atoms with van der Waals surface area (Å²) in [5.74, 6) is 0.0814. The van der Waals surface area contributed by atoms with Gasteiger partial charge in [0.15, 0.2) is 0 Å². The van der Waals surface area contributed by atoms with E-state index in [1.165, 1.54) is 0 Å². The molecule has 0 radical (unpaired) electrons. The minimum Gasteiger partial charge on any atom is -0.303 e. The highest BCUT2D eigenvalue weighted by molar-refractivity contribution is 6.30. The summed E-state index contributed by atoms with van der Waals surface area (Å²) >= 11 is 11.3. The van der Waals surface area contributed by atoms with Gasteiger partial charge in [-0.1, -0.05) is 23.7 Å². The van der Waals surface area contributed by atoms with E-state index in [1.807, 2.05) is 0 Å². The molecule has 0 saturated carbocycles. The summed E-state index contributed by atoms with van der Waals surface area (Å²) in [6.45, 7) is 0.326. The van der Waals surface area contributed by atoms with Gasteiger partial charge in [0.1, 0.15) is 5.70 Å². The lowest BCUT2D eigenvalue weighted by Crippen LogP contribution is -2.31. The Labute approximate surface area is 121 Å². The zero-order valence-corrected chi connectivity index (χ0v) is 11.5. The Morgan fingerprint density at radius 1 is 1.21 bits per heavy atom. The topological polar surface area (TPSA) is 49.4 Å². The van der Waals surface area contributed by atoms with Crippen molar-refractivity contribution < 1.29 is 9.59 Å². The molecule has 3 amide bonds. The number of urea groups is 1. The van der Waals surface area contributed by atoms with E-state index in [0.717, 1.165) is 10.5 Å². The molecule has 1 heterocycles. The Balaban J connectivity index is 2.16. The molecule has 1 N–H and O–H groups in total. The number of amides is 3. The van der Waals surface area contributed by atoms with Gasteiger partial charge in [-0.05, 0) is 30.2 Å². The molecule has 1 aromatic carbocycles. The van der Waals surface area contributed by atoms with Crippen LogP contribution in [0.3, 0.4) is 0 Å². The van der Waals surface area contributed by atoms with Gasteiger partial charge in [0, 0.05) is 17.4 Å². The number of nitrogens with one attached hydrogen (secondary N) is 1. The predicted octanol–water partition coefficient (Wildman–Crippen LogP) is 2.86. The maximum absolute atomic E-state index is 12.0. The van der Waals surface area contributed by atoms with Gasteiger partial charge in [-0.25, -0.2) is 4.79 Å².